The van der Waals surface area contributed by atoms with Gasteiger partial charge in [0.25, 0.3) is 0 Å². The van der Waals surface area contributed by atoms with E-state index in [1.807, 2.05) is 49.5 Å². The minimum atomic E-state index is -0.390. The van der Waals surface area contributed by atoms with E-state index < -0.39 is 0 Å². The molecule has 128 valence electrons. The maximum absolute atomic E-state index is 12.0. The van der Waals surface area contributed by atoms with Crippen LogP contribution in [-0.2, 0) is 18.4 Å². The highest BCUT2D eigenvalue weighted by Crippen LogP contribution is 2.37. The van der Waals surface area contributed by atoms with Crippen molar-refractivity contribution in [3.8, 4) is 11.3 Å². The smallest absolute Gasteiger partial charge is 0.339 e. The van der Waals surface area contributed by atoms with E-state index in [-0.39, 0.29) is 12.6 Å². The van der Waals surface area contributed by atoms with Gasteiger partial charge < -0.3 is 9.84 Å². The monoisotopic (exact) mass is 354 g/mol. The number of nitrogens with zero attached hydrogens (tertiary/aromatic N) is 2. The van der Waals surface area contributed by atoms with E-state index in [9.17, 15) is 9.90 Å². The molecular formula is C19H18N2O3S. The summed E-state index contributed by atoms with van der Waals surface area (Å²) in [6.45, 7) is -0.138. The SMILES string of the molecule is COC(=O)c1ccccc1Sc1c(CO)c(-c2ccccc2)nn1C. The lowest BCUT2D eigenvalue weighted by Crippen LogP contribution is -2.03. The molecule has 0 saturated carbocycles. The van der Waals surface area contributed by atoms with Gasteiger partial charge in [-0.2, -0.15) is 5.10 Å². The van der Waals surface area contributed by atoms with Gasteiger partial charge in [0.05, 0.1) is 25.0 Å². The Morgan fingerprint density at radius 2 is 1.84 bits per heavy atom. The van der Waals surface area contributed by atoms with Crippen molar-refractivity contribution in [2.24, 2.45) is 7.05 Å². The third-order valence-electron chi connectivity index (χ3n) is 3.79. The van der Waals surface area contributed by atoms with Gasteiger partial charge in [-0.25, -0.2) is 4.79 Å². The van der Waals surface area contributed by atoms with Gasteiger partial charge in [0.1, 0.15) is 5.03 Å². The molecule has 0 unspecified atom stereocenters. The number of hydrogen-bond donors (Lipinski definition) is 1. The number of carbonyl (C=O) groups excluding carboxylic acids is 1. The van der Waals surface area contributed by atoms with Gasteiger partial charge in [-0.3, -0.25) is 4.68 Å². The first-order valence-corrected chi connectivity index (χ1v) is 8.54. The van der Waals surface area contributed by atoms with Crippen molar-refractivity contribution in [2.45, 2.75) is 16.5 Å². The summed E-state index contributed by atoms with van der Waals surface area (Å²) in [5.41, 5.74) is 2.90. The van der Waals surface area contributed by atoms with Gasteiger partial charge in [-0.1, -0.05) is 54.2 Å². The third-order valence-corrected chi connectivity index (χ3v) is 5.07. The molecule has 0 spiro atoms. The van der Waals surface area contributed by atoms with Gasteiger partial charge in [-0.15, -0.1) is 0 Å². The molecule has 1 N–H and O–H groups in total. The fourth-order valence-electron chi connectivity index (χ4n) is 2.59. The second-order valence-electron chi connectivity index (χ2n) is 5.37. The van der Waals surface area contributed by atoms with Crippen LogP contribution in [0.5, 0.6) is 0 Å². The van der Waals surface area contributed by atoms with Crippen LogP contribution in [0, 0.1) is 0 Å². The van der Waals surface area contributed by atoms with Crippen molar-refractivity contribution in [3.05, 3.63) is 65.7 Å². The lowest BCUT2D eigenvalue weighted by molar-refractivity contribution is 0.0597. The van der Waals surface area contributed by atoms with Crippen molar-refractivity contribution in [2.75, 3.05) is 7.11 Å². The normalized spacial score (nSPS) is 10.7. The van der Waals surface area contributed by atoms with Crippen LogP contribution in [-0.4, -0.2) is 28.0 Å². The largest absolute Gasteiger partial charge is 0.465 e. The Morgan fingerprint density at radius 3 is 2.52 bits per heavy atom. The molecule has 3 aromatic rings. The number of ether oxygens (including phenoxy) is 1. The lowest BCUT2D eigenvalue weighted by Gasteiger charge is -2.09. The Balaban J connectivity index is 2.05. The number of aryl methyl sites for hydroxylation is 1. The number of hydrogen-bond acceptors (Lipinski definition) is 5. The summed E-state index contributed by atoms with van der Waals surface area (Å²) in [7, 11) is 3.19. The van der Waals surface area contributed by atoms with Crippen molar-refractivity contribution >= 4 is 17.7 Å². The zero-order valence-electron chi connectivity index (χ0n) is 14.0. The average Bonchev–Trinajstić information content (AvgIpc) is 2.98. The molecule has 0 aliphatic rings. The minimum Gasteiger partial charge on any atom is -0.465 e. The molecule has 25 heavy (non-hydrogen) atoms. The Kier molecular flexibility index (Phi) is 5.21. The second kappa shape index (κ2) is 7.55. The third kappa shape index (κ3) is 3.45. The first-order valence-electron chi connectivity index (χ1n) is 7.73. The van der Waals surface area contributed by atoms with Gasteiger partial charge in [0.2, 0.25) is 0 Å². The molecule has 0 saturated heterocycles. The summed E-state index contributed by atoms with van der Waals surface area (Å²) in [5.74, 6) is -0.390. The van der Waals surface area contributed by atoms with Crippen LogP contribution in [0.4, 0.5) is 0 Å². The molecule has 2 aromatic carbocycles. The number of aromatic nitrogens is 2. The predicted molar refractivity (Wildman–Crippen MR) is 96.5 cm³/mol. The number of methoxy groups -OCH3 is 1. The average molecular weight is 354 g/mol. The van der Waals surface area contributed by atoms with E-state index in [1.165, 1.54) is 18.9 Å². The molecule has 1 aromatic heterocycles. The van der Waals surface area contributed by atoms with Crippen molar-refractivity contribution in [1.29, 1.82) is 0 Å². The number of rotatable bonds is 5. The van der Waals surface area contributed by atoms with Crippen LogP contribution in [0.3, 0.4) is 0 Å². The topological polar surface area (TPSA) is 64.3 Å². The highest BCUT2D eigenvalue weighted by atomic mass is 32.2. The Hall–Kier alpha value is -2.57. The van der Waals surface area contributed by atoms with Crippen molar-refractivity contribution < 1.29 is 14.6 Å². The molecule has 0 amide bonds. The number of benzene rings is 2. The van der Waals surface area contributed by atoms with Gasteiger partial charge in [-0.05, 0) is 12.1 Å². The van der Waals surface area contributed by atoms with Crippen molar-refractivity contribution in [1.82, 2.24) is 9.78 Å². The molecular weight excluding hydrogens is 336 g/mol. The quantitative estimate of drug-likeness (QED) is 0.710. The summed E-state index contributed by atoms with van der Waals surface area (Å²) in [5, 5.41) is 15.3. The molecule has 0 bridgehead atoms. The molecule has 0 aliphatic heterocycles. The minimum absolute atomic E-state index is 0.138. The molecule has 0 aliphatic carbocycles. The van der Waals surface area contributed by atoms with Crippen LogP contribution in [0.25, 0.3) is 11.3 Å². The number of aliphatic hydroxyl groups is 1. The number of esters is 1. The van der Waals surface area contributed by atoms with Gasteiger partial charge >= 0.3 is 5.97 Å². The summed E-state index contributed by atoms with van der Waals surface area (Å²) < 4.78 is 6.58. The van der Waals surface area contributed by atoms with Gasteiger partial charge in [0, 0.05) is 23.1 Å². The van der Waals surface area contributed by atoms with Crippen LogP contribution < -0.4 is 0 Å². The summed E-state index contributed by atoms with van der Waals surface area (Å²) in [4.78, 5) is 12.7. The molecule has 3 rings (SSSR count). The molecule has 6 heteroatoms. The Bertz CT molecular complexity index is 891. The summed E-state index contributed by atoms with van der Waals surface area (Å²) in [6, 6.07) is 17.0. The van der Waals surface area contributed by atoms with E-state index in [0.29, 0.717) is 5.56 Å². The zero-order valence-corrected chi connectivity index (χ0v) is 14.8. The predicted octanol–water partition coefficient (Wildman–Crippen LogP) is 3.52. The van der Waals surface area contributed by atoms with Crippen LogP contribution >= 0.6 is 11.8 Å². The van der Waals surface area contributed by atoms with Crippen LogP contribution in [0.1, 0.15) is 15.9 Å². The van der Waals surface area contributed by atoms with Crippen molar-refractivity contribution in [3.63, 3.8) is 0 Å². The summed E-state index contributed by atoms with van der Waals surface area (Å²) >= 11 is 1.39. The molecule has 0 radical (unpaired) electrons. The fraction of sp³-hybridized carbons (Fsp3) is 0.158. The summed E-state index contributed by atoms with van der Waals surface area (Å²) in [6.07, 6.45) is 0. The molecule has 5 nitrogen and oxygen atoms in total. The van der Waals surface area contributed by atoms with Gasteiger partial charge in [0.15, 0.2) is 0 Å². The molecule has 0 atom stereocenters. The van der Waals surface area contributed by atoms with E-state index in [1.54, 1.807) is 16.8 Å². The number of aliphatic hydroxyl groups excluding tert-OH is 1. The second-order valence-corrected chi connectivity index (χ2v) is 6.40. The fourth-order valence-corrected chi connectivity index (χ4v) is 3.66. The highest BCUT2D eigenvalue weighted by Gasteiger charge is 2.20. The molecule has 0 fully saturated rings. The maximum atomic E-state index is 12.0. The van der Waals surface area contributed by atoms with E-state index >= 15 is 0 Å². The Labute approximate surface area is 150 Å². The van der Waals surface area contributed by atoms with Crippen LogP contribution in [0.15, 0.2) is 64.5 Å². The lowest BCUT2D eigenvalue weighted by atomic mass is 10.1. The zero-order chi connectivity index (χ0) is 17.8. The van der Waals surface area contributed by atoms with Crippen LogP contribution in [0.2, 0.25) is 0 Å². The van der Waals surface area contributed by atoms with E-state index in [2.05, 4.69) is 5.10 Å². The first kappa shape index (κ1) is 17.3. The van der Waals surface area contributed by atoms with E-state index in [4.69, 9.17) is 4.74 Å². The highest BCUT2D eigenvalue weighted by molar-refractivity contribution is 7.99. The standard InChI is InChI=1S/C19H18N2O3S/c1-21-18(25-16-11-7-6-10-14(16)19(23)24-2)15(12-22)17(20-21)13-8-4-3-5-9-13/h3-11,22H,12H2,1-2H3. The Morgan fingerprint density at radius 1 is 1.16 bits per heavy atom. The maximum Gasteiger partial charge on any atom is 0.339 e. The van der Waals surface area contributed by atoms with E-state index in [0.717, 1.165) is 26.7 Å². The first-order chi connectivity index (χ1) is 12.2. The number of carbonyl (C=O) groups is 1. The molecule has 1 heterocycles.